The third-order valence-corrected chi connectivity index (χ3v) is 4.59. The zero-order chi connectivity index (χ0) is 14.1. The van der Waals surface area contributed by atoms with E-state index in [9.17, 15) is 0 Å². The normalized spacial score (nSPS) is 17.4. The molecule has 1 nitrogen and oxygen atoms in total. The Kier molecular flexibility index (Phi) is 3.71. The first-order valence-corrected chi connectivity index (χ1v) is 7.58. The lowest BCUT2D eigenvalue weighted by Crippen LogP contribution is -2.25. The fraction of sp³-hybridized carbons (Fsp3) is 0.333. The van der Waals surface area contributed by atoms with Crippen LogP contribution >= 0.6 is 11.6 Å². The molecule has 20 heavy (non-hydrogen) atoms. The van der Waals surface area contributed by atoms with Gasteiger partial charge in [0.2, 0.25) is 0 Å². The highest BCUT2D eigenvalue weighted by Gasteiger charge is 2.20. The Morgan fingerprint density at radius 1 is 1.10 bits per heavy atom. The number of aryl methyl sites for hydroxylation is 1. The summed E-state index contributed by atoms with van der Waals surface area (Å²) in [6.07, 6.45) is 2.27. The van der Waals surface area contributed by atoms with Gasteiger partial charge >= 0.3 is 0 Å². The lowest BCUT2D eigenvalue weighted by molar-refractivity contribution is 0.534. The van der Waals surface area contributed by atoms with Crippen molar-refractivity contribution in [3.05, 3.63) is 63.7 Å². The molecule has 2 heteroatoms. The van der Waals surface area contributed by atoms with Gasteiger partial charge in [-0.3, -0.25) is 0 Å². The third kappa shape index (κ3) is 2.69. The second kappa shape index (κ2) is 5.49. The van der Waals surface area contributed by atoms with Crippen molar-refractivity contribution in [1.29, 1.82) is 0 Å². The van der Waals surface area contributed by atoms with Gasteiger partial charge in [0.05, 0.1) is 0 Å². The van der Waals surface area contributed by atoms with Gasteiger partial charge in [-0.25, -0.2) is 0 Å². The number of rotatable bonds is 2. The summed E-state index contributed by atoms with van der Waals surface area (Å²) in [6, 6.07) is 12.7. The van der Waals surface area contributed by atoms with E-state index in [1.165, 1.54) is 27.9 Å². The Hall–Kier alpha value is -1.47. The molecule has 1 atom stereocenters. The second-order valence-corrected chi connectivity index (χ2v) is 6.26. The topological polar surface area (TPSA) is 12.0 Å². The van der Waals surface area contributed by atoms with Crippen LogP contribution in [0.2, 0.25) is 5.02 Å². The van der Waals surface area contributed by atoms with Gasteiger partial charge in [-0.1, -0.05) is 35.9 Å². The zero-order valence-corrected chi connectivity index (χ0v) is 12.8. The first kappa shape index (κ1) is 13.5. The molecule has 2 aromatic carbocycles. The fourth-order valence-electron chi connectivity index (χ4n) is 3.02. The Bertz CT molecular complexity index is 616. The molecule has 2 aromatic rings. The lowest BCUT2D eigenvalue weighted by atomic mass is 9.87. The van der Waals surface area contributed by atoms with E-state index in [0.717, 1.165) is 24.4 Å². The number of fused-ring (bicyclic) bond motifs is 1. The molecule has 0 amide bonds. The number of halogens is 1. The summed E-state index contributed by atoms with van der Waals surface area (Å²) in [6.45, 7) is 5.44. The lowest BCUT2D eigenvalue weighted by Gasteiger charge is -2.28. The maximum Gasteiger partial charge on any atom is 0.0406 e. The molecule has 3 rings (SSSR count). The molecule has 0 saturated heterocycles. The number of anilines is 1. The number of hydrogen-bond donors (Lipinski definition) is 1. The molecule has 1 unspecified atom stereocenters. The molecule has 104 valence electrons. The van der Waals surface area contributed by atoms with Crippen molar-refractivity contribution in [2.75, 3.05) is 11.9 Å². The van der Waals surface area contributed by atoms with E-state index in [0.29, 0.717) is 5.92 Å². The van der Waals surface area contributed by atoms with Crippen molar-refractivity contribution in [3.8, 4) is 0 Å². The van der Waals surface area contributed by atoms with Crippen LogP contribution in [0.1, 0.15) is 22.3 Å². The summed E-state index contributed by atoms with van der Waals surface area (Å²) in [7, 11) is 0. The maximum atomic E-state index is 5.94. The smallest absolute Gasteiger partial charge is 0.0406 e. The summed E-state index contributed by atoms with van der Waals surface area (Å²) >= 11 is 5.94. The summed E-state index contributed by atoms with van der Waals surface area (Å²) in [5.74, 6) is 0.658. The van der Waals surface area contributed by atoms with Crippen LogP contribution in [0.5, 0.6) is 0 Å². The first-order chi connectivity index (χ1) is 9.63. The minimum Gasteiger partial charge on any atom is -0.384 e. The van der Waals surface area contributed by atoms with Crippen LogP contribution in [0.4, 0.5) is 5.69 Å². The van der Waals surface area contributed by atoms with Crippen LogP contribution in [-0.4, -0.2) is 6.54 Å². The van der Waals surface area contributed by atoms with Gasteiger partial charge in [-0.15, -0.1) is 0 Å². The fourth-order valence-corrected chi connectivity index (χ4v) is 3.14. The largest absolute Gasteiger partial charge is 0.384 e. The Morgan fingerprint density at radius 2 is 1.85 bits per heavy atom. The van der Waals surface area contributed by atoms with Crippen LogP contribution < -0.4 is 5.32 Å². The van der Waals surface area contributed by atoms with E-state index in [1.807, 2.05) is 12.1 Å². The molecule has 1 aliphatic rings. The number of hydrogen-bond acceptors (Lipinski definition) is 1. The molecule has 0 spiro atoms. The Morgan fingerprint density at radius 3 is 2.60 bits per heavy atom. The molecule has 1 heterocycles. The molecule has 1 N–H and O–H groups in total. The summed E-state index contributed by atoms with van der Waals surface area (Å²) < 4.78 is 0. The predicted octanol–water partition coefficient (Wildman–Crippen LogP) is 4.78. The molecule has 0 aromatic heterocycles. The minimum atomic E-state index is 0.658. The van der Waals surface area contributed by atoms with E-state index in [2.05, 4.69) is 43.4 Å². The average molecular weight is 286 g/mol. The van der Waals surface area contributed by atoms with Crippen molar-refractivity contribution in [1.82, 2.24) is 0 Å². The van der Waals surface area contributed by atoms with E-state index in [1.54, 1.807) is 0 Å². The number of nitrogens with one attached hydrogen (secondary N) is 1. The summed E-state index contributed by atoms with van der Waals surface area (Å²) in [4.78, 5) is 0. The average Bonchev–Trinajstić information content (AvgIpc) is 2.46. The minimum absolute atomic E-state index is 0.658. The maximum absolute atomic E-state index is 5.94. The highest BCUT2D eigenvalue weighted by Crippen LogP contribution is 2.31. The van der Waals surface area contributed by atoms with E-state index >= 15 is 0 Å². The highest BCUT2D eigenvalue weighted by atomic mass is 35.5. The molecule has 0 bridgehead atoms. The SMILES string of the molecule is Cc1ccc2c(c1C)NCC(Cc1ccc(Cl)cc1)C2. The van der Waals surface area contributed by atoms with Crippen LogP contribution in [0.15, 0.2) is 36.4 Å². The molecule has 0 fully saturated rings. The van der Waals surface area contributed by atoms with E-state index in [4.69, 9.17) is 11.6 Å². The van der Waals surface area contributed by atoms with Crippen molar-refractivity contribution < 1.29 is 0 Å². The standard InChI is InChI=1S/C18H20ClN/c1-12-3-6-16-10-15(11-20-18(16)13(12)2)9-14-4-7-17(19)8-5-14/h3-8,15,20H,9-11H2,1-2H3. The van der Waals surface area contributed by atoms with E-state index < -0.39 is 0 Å². The molecule has 0 saturated carbocycles. The molecule has 1 aliphatic heterocycles. The van der Waals surface area contributed by atoms with Crippen molar-refractivity contribution in [2.24, 2.45) is 5.92 Å². The summed E-state index contributed by atoms with van der Waals surface area (Å²) in [5.41, 5.74) is 6.95. The second-order valence-electron chi connectivity index (χ2n) is 5.82. The van der Waals surface area contributed by atoms with Crippen molar-refractivity contribution in [2.45, 2.75) is 26.7 Å². The van der Waals surface area contributed by atoms with Gasteiger partial charge in [0, 0.05) is 17.3 Å². The van der Waals surface area contributed by atoms with Gasteiger partial charge in [0.25, 0.3) is 0 Å². The molecular formula is C18H20ClN. The first-order valence-electron chi connectivity index (χ1n) is 7.21. The zero-order valence-electron chi connectivity index (χ0n) is 12.0. The highest BCUT2D eigenvalue weighted by molar-refractivity contribution is 6.30. The number of benzene rings is 2. The quantitative estimate of drug-likeness (QED) is 0.837. The van der Waals surface area contributed by atoms with Crippen molar-refractivity contribution in [3.63, 3.8) is 0 Å². The van der Waals surface area contributed by atoms with Gasteiger partial charge in [-0.05, 0) is 67.0 Å². The molecule has 0 radical (unpaired) electrons. The van der Waals surface area contributed by atoms with Gasteiger partial charge in [0.1, 0.15) is 0 Å². The monoisotopic (exact) mass is 285 g/mol. The summed E-state index contributed by atoms with van der Waals surface area (Å²) in [5, 5.41) is 4.44. The Balaban J connectivity index is 1.76. The van der Waals surface area contributed by atoms with E-state index in [-0.39, 0.29) is 0 Å². The molecule has 0 aliphatic carbocycles. The van der Waals surface area contributed by atoms with Gasteiger partial charge in [-0.2, -0.15) is 0 Å². The third-order valence-electron chi connectivity index (χ3n) is 4.34. The molecular weight excluding hydrogens is 266 g/mol. The predicted molar refractivity (Wildman–Crippen MR) is 86.8 cm³/mol. The van der Waals surface area contributed by atoms with Crippen LogP contribution in [-0.2, 0) is 12.8 Å². The Labute approximate surface area is 126 Å². The van der Waals surface area contributed by atoms with Crippen LogP contribution in [0, 0.1) is 19.8 Å². The van der Waals surface area contributed by atoms with Gasteiger partial charge in [0.15, 0.2) is 0 Å². The van der Waals surface area contributed by atoms with Crippen LogP contribution in [0.3, 0.4) is 0 Å². The van der Waals surface area contributed by atoms with Crippen LogP contribution in [0.25, 0.3) is 0 Å². The van der Waals surface area contributed by atoms with Crippen molar-refractivity contribution >= 4 is 17.3 Å². The van der Waals surface area contributed by atoms with Gasteiger partial charge < -0.3 is 5.32 Å².